The van der Waals surface area contributed by atoms with Gasteiger partial charge in [-0.25, -0.2) is 4.39 Å². The minimum Gasteiger partial charge on any atom is -0.356 e. The Labute approximate surface area is 190 Å². The van der Waals surface area contributed by atoms with Gasteiger partial charge in [0.05, 0.1) is 0 Å². The van der Waals surface area contributed by atoms with Crippen molar-refractivity contribution in [2.45, 2.75) is 19.4 Å². The molecule has 0 aliphatic carbocycles. The van der Waals surface area contributed by atoms with E-state index >= 15 is 0 Å². The monoisotopic (exact) mass is 562 g/mol. The van der Waals surface area contributed by atoms with Gasteiger partial charge in [0.15, 0.2) is 5.96 Å². The van der Waals surface area contributed by atoms with Crippen LogP contribution >= 0.6 is 39.9 Å². The van der Waals surface area contributed by atoms with Crippen molar-refractivity contribution in [3.63, 3.8) is 0 Å². The van der Waals surface area contributed by atoms with Gasteiger partial charge in [0.1, 0.15) is 5.82 Å². The van der Waals surface area contributed by atoms with E-state index in [9.17, 15) is 9.18 Å². The summed E-state index contributed by atoms with van der Waals surface area (Å²) in [6.07, 6.45) is 1.45. The van der Waals surface area contributed by atoms with Crippen LogP contribution in [0.2, 0.25) is 0 Å². The molecule has 0 saturated heterocycles. The third-order valence-corrected chi connectivity index (χ3v) is 4.55. The minimum atomic E-state index is -0.188. The number of carbonyl (C=O) groups is 1. The smallest absolute Gasteiger partial charge is 0.251 e. The molecule has 0 heterocycles. The highest BCUT2D eigenvalue weighted by Crippen LogP contribution is 2.16. The highest BCUT2D eigenvalue weighted by molar-refractivity contribution is 14.0. The molecule has 0 aromatic heterocycles. The van der Waals surface area contributed by atoms with Crippen molar-refractivity contribution in [1.82, 2.24) is 16.0 Å². The molecule has 0 aliphatic rings. The summed E-state index contributed by atoms with van der Waals surface area (Å²) >= 11 is 3.26. The maximum Gasteiger partial charge on any atom is 0.251 e. The van der Waals surface area contributed by atoms with Gasteiger partial charge in [-0.1, -0.05) is 34.1 Å². The van der Waals surface area contributed by atoms with Crippen LogP contribution in [-0.2, 0) is 13.0 Å². The van der Waals surface area contributed by atoms with Crippen LogP contribution < -0.4 is 16.0 Å². The van der Waals surface area contributed by atoms with Crippen LogP contribution in [0.4, 0.5) is 4.39 Å². The predicted molar refractivity (Wildman–Crippen MR) is 126 cm³/mol. The van der Waals surface area contributed by atoms with E-state index in [0.29, 0.717) is 36.6 Å². The predicted octanol–water partition coefficient (Wildman–Crippen LogP) is 3.86. The fourth-order valence-electron chi connectivity index (χ4n) is 2.53. The molecule has 2 aromatic carbocycles. The summed E-state index contributed by atoms with van der Waals surface area (Å²) in [6.45, 7) is 1.28. The molecule has 152 valence electrons. The summed E-state index contributed by atoms with van der Waals surface area (Å²) in [4.78, 5) is 15.7. The zero-order valence-corrected chi connectivity index (χ0v) is 19.8. The minimum absolute atomic E-state index is 0. The van der Waals surface area contributed by atoms with E-state index < -0.39 is 0 Å². The molecular weight excluding hydrogens is 538 g/mol. The first-order valence-electron chi connectivity index (χ1n) is 8.73. The molecule has 0 bridgehead atoms. The van der Waals surface area contributed by atoms with Gasteiger partial charge in [0.25, 0.3) is 5.91 Å². The topological polar surface area (TPSA) is 65.5 Å². The molecule has 8 heteroatoms. The van der Waals surface area contributed by atoms with Crippen molar-refractivity contribution in [1.29, 1.82) is 0 Å². The number of amides is 1. The Hall–Kier alpha value is -1.68. The molecule has 0 fully saturated rings. The second kappa shape index (κ2) is 12.7. The lowest BCUT2D eigenvalue weighted by Gasteiger charge is -2.12. The van der Waals surface area contributed by atoms with E-state index in [1.54, 1.807) is 32.3 Å². The van der Waals surface area contributed by atoms with E-state index in [-0.39, 0.29) is 35.7 Å². The van der Waals surface area contributed by atoms with Crippen LogP contribution in [0.15, 0.2) is 51.9 Å². The zero-order valence-electron chi connectivity index (χ0n) is 15.9. The van der Waals surface area contributed by atoms with Crippen LogP contribution in [-0.4, -0.2) is 32.5 Å². The lowest BCUT2D eigenvalue weighted by atomic mass is 10.1. The van der Waals surface area contributed by atoms with Crippen LogP contribution in [0.5, 0.6) is 0 Å². The van der Waals surface area contributed by atoms with Gasteiger partial charge < -0.3 is 16.0 Å². The summed E-state index contributed by atoms with van der Waals surface area (Å²) in [5.41, 5.74) is 2.38. The van der Waals surface area contributed by atoms with Gasteiger partial charge in [-0.3, -0.25) is 9.79 Å². The largest absolute Gasteiger partial charge is 0.356 e. The summed E-state index contributed by atoms with van der Waals surface area (Å²) in [6, 6.07) is 12.5. The summed E-state index contributed by atoms with van der Waals surface area (Å²) in [7, 11) is 3.32. The number of hydrogen-bond acceptors (Lipinski definition) is 2. The van der Waals surface area contributed by atoms with Gasteiger partial charge in [-0.05, 0) is 48.2 Å². The molecule has 0 unspecified atom stereocenters. The second-order valence-electron chi connectivity index (χ2n) is 5.97. The number of guanidine groups is 1. The third-order valence-electron chi connectivity index (χ3n) is 4.06. The Morgan fingerprint density at radius 3 is 2.46 bits per heavy atom. The highest BCUT2D eigenvalue weighted by atomic mass is 127. The maximum atomic E-state index is 13.8. The lowest BCUT2D eigenvalue weighted by molar-refractivity contribution is 0.0963. The molecule has 0 aliphatic heterocycles. The van der Waals surface area contributed by atoms with Gasteiger partial charge in [0, 0.05) is 37.2 Å². The molecule has 1 amide bonds. The van der Waals surface area contributed by atoms with Crippen molar-refractivity contribution in [3.05, 3.63) is 69.4 Å². The number of nitrogens with zero attached hydrogens (tertiary/aromatic N) is 1. The van der Waals surface area contributed by atoms with E-state index in [2.05, 4.69) is 36.9 Å². The Balaban J connectivity index is 0.00000392. The van der Waals surface area contributed by atoms with Gasteiger partial charge in [-0.2, -0.15) is 0 Å². The third kappa shape index (κ3) is 7.75. The molecule has 5 nitrogen and oxygen atoms in total. The SMILES string of the molecule is CN=C(NCCCc1ccc(Br)cc1F)NCc1ccc(C(=O)NC)cc1.I. The fraction of sp³-hybridized carbons (Fsp3) is 0.300. The van der Waals surface area contributed by atoms with Crippen molar-refractivity contribution >= 4 is 51.8 Å². The molecule has 2 rings (SSSR count). The number of hydrogen-bond donors (Lipinski definition) is 3. The lowest BCUT2D eigenvalue weighted by Crippen LogP contribution is -2.37. The number of aliphatic imine (C=N–C) groups is 1. The molecule has 0 spiro atoms. The first kappa shape index (κ1) is 24.4. The first-order valence-corrected chi connectivity index (χ1v) is 9.52. The Morgan fingerprint density at radius 1 is 1.14 bits per heavy atom. The zero-order chi connectivity index (χ0) is 19.6. The van der Waals surface area contributed by atoms with Gasteiger partial charge in [0.2, 0.25) is 0 Å². The maximum absolute atomic E-state index is 13.8. The quantitative estimate of drug-likeness (QED) is 0.208. The highest BCUT2D eigenvalue weighted by Gasteiger charge is 2.05. The Kier molecular flexibility index (Phi) is 11.1. The summed E-state index contributed by atoms with van der Waals surface area (Å²) < 4.78 is 14.5. The number of rotatable bonds is 7. The average Bonchev–Trinajstić information content (AvgIpc) is 2.68. The fourth-order valence-corrected chi connectivity index (χ4v) is 2.87. The van der Waals surface area contributed by atoms with Gasteiger partial charge in [-0.15, -0.1) is 24.0 Å². The first-order chi connectivity index (χ1) is 13.0. The summed E-state index contributed by atoms with van der Waals surface area (Å²) in [5.74, 6) is 0.392. The van der Waals surface area contributed by atoms with E-state index in [1.807, 2.05) is 18.2 Å². The standard InChI is InChI=1S/C20H24BrFN4O.HI/c1-23-19(27)16-7-5-14(6-8-16)13-26-20(24-2)25-11-3-4-15-9-10-17(21)12-18(15)22;/h5-10,12H,3-4,11,13H2,1-2H3,(H,23,27)(H2,24,25,26);1H. The van der Waals surface area contributed by atoms with Crippen LogP contribution in [0.3, 0.4) is 0 Å². The Bertz CT molecular complexity index is 799. The number of benzene rings is 2. The van der Waals surface area contributed by atoms with Crippen LogP contribution in [0.1, 0.15) is 27.9 Å². The van der Waals surface area contributed by atoms with Gasteiger partial charge >= 0.3 is 0 Å². The summed E-state index contributed by atoms with van der Waals surface area (Å²) in [5, 5.41) is 9.04. The molecule has 2 aromatic rings. The molecule has 0 radical (unpaired) electrons. The number of carbonyl (C=O) groups excluding carboxylic acids is 1. The number of aryl methyl sites for hydroxylation is 1. The second-order valence-corrected chi connectivity index (χ2v) is 6.88. The Morgan fingerprint density at radius 2 is 1.86 bits per heavy atom. The van der Waals surface area contributed by atoms with Crippen molar-refractivity contribution in [3.8, 4) is 0 Å². The van der Waals surface area contributed by atoms with Crippen molar-refractivity contribution in [2.24, 2.45) is 4.99 Å². The van der Waals surface area contributed by atoms with Crippen LogP contribution in [0, 0.1) is 5.82 Å². The molecular formula is C20H25BrFIN4O. The number of halogens is 3. The van der Waals surface area contributed by atoms with E-state index in [1.165, 1.54) is 6.07 Å². The van der Waals surface area contributed by atoms with E-state index in [4.69, 9.17) is 0 Å². The van der Waals surface area contributed by atoms with E-state index in [0.717, 1.165) is 16.5 Å². The molecule has 28 heavy (non-hydrogen) atoms. The molecule has 3 N–H and O–H groups in total. The van der Waals surface area contributed by atoms with Crippen LogP contribution in [0.25, 0.3) is 0 Å². The normalized spacial score (nSPS) is 10.8. The van der Waals surface area contributed by atoms with Crippen molar-refractivity contribution in [2.75, 3.05) is 20.6 Å². The number of nitrogens with one attached hydrogen (secondary N) is 3. The molecule has 0 atom stereocenters. The van der Waals surface area contributed by atoms with Crippen molar-refractivity contribution < 1.29 is 9.18 Å². The average molecular weight is 563 g/mol. The molecule has 0 saturated carbocycles.